The Morgan fingerprint density at radius 2 is 2.00 bits per heavy atom. The quantitative estimate of drug-likeness (QED) is 0.858. The van der Waals surface area contributed by atoms with Crippen molar-refractivity contribution in [2.75, 3.05) is 11.9 Å². The van der Waals surface area contributed by atoms with Crippen molar-refractivity contribution in [3.05, 3.63) is 59.9 Å². The lowest BCUT2D eigenvalue weighted by molar-refractivity contribution is 0.102. The van der Waals surface area contributed by atoms with Crippen LogP contribution in [0.25, 0.3) is 0 Å². The predicted octanol–water partition coefficient (Wildman–Crippen LogP) is 1.84. The molecule has 92 valence electrons. The van der Waals surface area contributed by atoms with Crippen LogP contribution in [0.1, 0.15) is 16.1 Å². The van der Waals surface area contributed by atoms with Crippen LogP contribution in [-0.4, -0.2) is 17.4 Å². The van der Waals surface area contributed by atoms with E-state index in [1.807, 2.05) is 30.3 Å². The molecule has 0 saturated heterocycles. The number of aromatic nitrogens is 1. The molecule has 4 nitrogen and oxygen atoms in total. The smallest absolute Gasteiger partial charge is 0.255 e. The Hall–Kier alpha value is -2.20. The maximum atomic E-state index is 12.0. The highest BCUT2D eigenvalue weighted by Gasteiger charge is 2.06. The van der Waals surface area contributed by atoms with Gasteiger partial charge >= 0.3 is 0 Å². The van der Waals surface area contributed by atoms with E-state index in [0.717, 1.165) is 11.4 Å². The van der Waals surface area contributed by atoms with Gasteiger partial charge < -0.3 is 11.1 Å². The highest BCUT2D eigenvalue weighted by Crippen LogP contribution is 2.09. The molecule has 3 N–H and O–H groups in total. The first-order chi connectivity index (χ1) is 8.79. The molecule has 0 atom stereocenters. The van der Waals surface area contributed by atoms with Gasteiger partial charge in [-0.15, -0.1) is 0 Å². The van der Waals surface area contributed by atoms with Gasteiger partial charge in [0.25, 0.3) is 5.91 Å². The van der Waals surface area contributed by atoms with Crippen molar-refractivity contribution in [1.82, 2.24) is 4.98 Å². The van der Waals surface area contributed by atoms with Crippen LogP contribution in [0, 0.1) is 0 Å². The van der Waals surface area contributed by atoms with Crippen LogP contribution in [0.4, 0.5) is 5.69 Å². The van der Waals surface area contributed by atoms with E-state index in [-0.39, 0.29) is 5.91 Å². The molecular weight excluding hydrogens is 226 g/mol. The Morgan fingerprint density at radius 1 is 1.22 bits per heavy atom. The summed E-state index contributed by atoms with van der Waals surface area (Å²) in [5, 5.41) is 2.83. The number of para-hydroxylation sites is 1. The Labute approximate surface area is 106 Å². The minimum absolute atomic E-state index is 0.137. The maximum Gasteiger partial charge on any atom is 0.255 e. The van der Waals surface area contributed by atoms with Crippen molar-refractivity contribution in [3.8, 4) is 0 Å². The number of nitrogens with zero attached hydrogens (tertiary/aromatic N) is 1. The summed E-state index contributed by atoms with van der Waals surface area (Å²) in [4.78, 5) is 16.2. The molecule has 0 fully saturated rings. The maximum absolute atomic E-state index is 12.0. The molecule has 1 heterocycles. The van der Waals surface area contributed by atoms with Gasteiger partial charge in [0, 0.05) is 29.6 Å². The van der Waals surface area contributed by atoms with E-state index >= 15 is 0 Å². The van der Waals surface area contributed by atoms with Gasteiger partial charge in [0.1, 0.15) is 0 Å². The van der Waals surface area contributed by atoms with Crippen molar-refractivity contribution in [3.63, 3.8) is 0 Å². The summed E-state index contributed by atoms with van der Waals surface area (Å²) >= 11 is 0. The Kier molecular flexibility index (Phi) is 4.04. The number of benzene rings is 1. The van der Waals surface area contributed by atoms with Crippen molar-refractivity contribution in [2.24, 2.45) is 5.73 Å². The second-order valence-corrected chi connectivity index (χ2v) is 3.89. The number of carbonyl (C=O) groups is 1. The number of nitrogens with two attached hydrogens (primary N) is 1. The first kappa shape index (κ1) is 12.3. The molecule has 0 saturated carbocycles. The predicted molar refractivity (Wildman–Crippen MR) is 71.4 cm³/mol. The summed E-state index contributed by atoms with van der Waals surface area (Å²) in [5.41, 5.74) is 7.67. The Morgan fingerprint density at radius 3 is 2.72 bits per heavy atom. The largest absolute Gasteiger partial charge is 0.330 e. The lowest BCUT2D eigenvalue weighted by Crippen LogP contribution is -2.13. The fourth-order valence-electron chi connectivity index (χ4n) is 1.63. The SMILES string of the molecule is NCCc1cc(C(=O)Nc2ccccc2)ccn1. The van der Waals surface area contributed by atoms with Gasteiger partial charge in [-0.2, -0.15) is 0 Å². The van der Waals surface area contributed by atoms with E-state index in [0.29, 0.717) is 18.5 Å². The summed E-state index contributed by atoms with van der Waals surface area (Å²) in [7, 11) is 0. The summed E-state index contributed by atoms with van der Waals surface area (Å²) in [5.74, 6) is -0.137. The third kappa shape index (κ3) is 3.15. The van der Waals surface area contributed by atoms with Gasteiger partial charge in [0.2, 0.25) is 0 Å². The molecule has 4 heteroatoms. The third-order valence-corrected chi connectivity index (χ3v) is 2.51. The summed E-state index contributed by atoms with van der Waals surface area (Å²) < 4.78 is 0. The van der Waals surface area contributed by atoms with Crippen molar-refractivity contribution in [2.45, 2.75) is 6.42 Å². The van der Waals surface area contributed by atoms with Crippen LogP contribution in [0.5, 0.6) is 0 Å². The Bertz CT molecular complexity index is 526. The first-order valence-electron chi connectivity index (χ1n) is 5.81. The van der Waals surface area contributed by atoms with E-state index in [1.165, 1.54) is 0 Å². The van der Waals surface area contributed by atoms with Gasteiger partial charge in [0.05, 0.1) is 0 Å². The number of hydrogen-bond donors (Lipinski definition) is 2. The lowest BCUT2D eigenvalue weighted by Gasteiger charge is -2.06. The number of carbonyl (C=O) groups excluding carboxylic acids is 1. The highest BCUT2D eigenvalue weighted by molar-refractivity contribution is 6.04. The van der Waals surface area contributed by atoms with E-state index in [2.05, 4.69) is 10.3 Å². The standard InChI is InChI=1S/C14H15N3O/c15-8-6-13-10-11(7-9-16-13)14(18)17-12-4-2-1-3-5-12/h1-5,7,9-10H,6,8,15H2,(H,17,18). The lowest BCUT2D eigenvalue weighted by atomic mass is 10.2. The molecule has 0 radical (unpaired) electrons. The van der Waals surface area contributed by atoms with E-state index in [4.69, 9.17) is 5.73 Å². The number of nitrogens with one attached hydrogen (secondary N) is 1. The summed E-state index contributed by atoms with van der Waals surface area (Å²) in [6.07, 6.45) is 2.30. The topological polar surface area (TPSA) is 68.0 Å². The molecule has 0 bridgehead atoms. The fraction of sp³-hybridized carbons (Fsp3) is 0.143. The van der Waals surface area contributed by atoms with E-state index in [9.17, 15) is 4.79 Å². The number of anilines is 1. The zero-order chi connectivity index (χ0) is 12.8. The van der Waals surface area contributed by atoms with Gasteiger partial charge in [0.15, 0.2) is 0 Å². The molecule has 18 heavy (non-hydrogen) atoms. The second-order valence-electron chi connectivity index (χ2n) is 3.89. The molecule has 2 rings (SSSR count). The molecule has 1 aromatic heterocycles. The number of hydrogen-bond acceptors (Lipinski definition) is 3. The monoisotopic (exact) mass is 241 g/mol. The number of rotatable bonds is 4. The normalized spacial score (nSPS) is 10.1. The average molecular weight is 241 g/mol. The average Bonchev–Trinajstić information content (AvgIpc) is 2.40. The first-order valence-corrected chi connectivity index (χ1v) is 5.81. The van der Waals surface area contributed by atoms with Crippen LogP contribution in [-0.2, 0) is 6.42 Å². The third-order valence-electron chi connectivity index (χ3n) is 2.51. The molecule has 0 aliphatic heterocycles. The van der Waals surface area contributed by atoms with Gasteiger partial charge in [-0.05, 0) is 30.8 Å². The minimum atomic E-state index is -0.137. The van der Waals surface area contributed by atoms with Gasteiger partial charge in [-0.25, -0.2) is 0 Å². The minimum Gasteiger partial charge on any atom is -0.330 e. The van der Waals surface area contributed by atoms with Gasteiger partial charge in [-0.3, -0.25) is 9.78 Å². The van der Waals surface area contributed by atoms with Crippen molar-refractivity contribution < 1.29 is 4.79 Å². The summed E-state index contributed by atoms with van der Waals surface area (Å²) in [6, 6.07) is 12.8. The van der Waals surface area contributed by atoms with Gasteiger partial charge in [-0.1, -0.05) is 18.2 Å². The molecule has 0 aliphatic carbocycles. The number of pyridine rings is 1. The van der Waals surface area contributed by atoms with Crippen LogP contribution < -0.4 is 11.1 Å². The molecule has 1 aromatic carbocycles. The molecular formula is C14H15N3O. The van der Waals surface area contributed by atoms with E-state index < -0.39 is 0 Å². The molecule has 0 aliphatic rings. The van der Waals surface area contributed by atoms with E-state index in [1.54, 1.807) is 18.3 Å². The van der Waals surface area contributed by atoms with Crippen LogP contribution >= 0.6 is 0 Å². The zero-order valence-corrected chi connectivity index (χ0v) is 9.97. The second kappa shape index (κ2) is 5.93. The molecule has 2 aromatic rings. The van der Waals surface area contributed by atoms with Crippen molar-refractivity contribution >= 4 is 11.6 Å². The van der Waals surface area contributed by atoms with Crippen LogP contribution in [0.15, 0.2) is 48.7 Å². The van der Waals surface area contributed by atoms with Crippen LogP contribution in [0.2, 0.25) is 0 Å². The molecule has 0 unspecified atom stereocenters. The fourth-order valence-corrected chi connectivity index (χ4v) is 1.63. The number of amides is 1. The van der Waals surface area contributed by atoms with Crippen LogP contribution in [0.3, 0.4) is 0 Å². The van der Waals surface area contributed by atoms with Crippen molar-refractivity contribution in [1.29, 1.82) is 0 Å². The molecule has 1 amide bonds. The Balaban J connectivity index is 2.11. The highest BCUT2D eigenvalue weighted by atomic mass is 16.1. The zero-order valence-electron chi connectivity index (χ0n) is 9.97. The molecule has 0 spiro atoms. The summed E-state index contributed by atoms with van der Waals surface area (Å²) in [6.45, 7) is 0.525.